The molecule has 0 bridgehead atoms. The normalized spacial score (nSPS) is 10.6. The summed E-state index contributed by atoms with van der Waals surface area (Å²) in [5.74, 6) is 0.440. The molecule has 0 radical (unpaired) electrons. The van der Waals surface area contributed by atoms with Gasteiger partial charge in [-0.05, 0) is 35.9 Å². The Morgan fingerprint density at radius 3 is 2.30 bits per heavy atom. The molecule has 0 aromatic heterocycles. The van der Waals surface area contributed by atoms with Gasteiger partial charge in [0, 0.05) is 6.07 Å². The molecule has 0 saturated carbocycles. The number of hydrogen-bond acceptors (Lipinski definition) is 4. The first-order valence-corrected chi connectivity index (χ1v) is 6.87. The maximum absolute atomic E-state index is 13.6. The van der Waals surface area contributed by atoms with Crippen LogP contribution in [-0.2, 0) is 0 Å². The number of ether oxygens (including phenoxy) is 3. The topological polar surface area (TPSA) is 44.8 Å². The first kappa shape index (κ1) is 16.5. The van der Waals surface area contributed by atoms with Crippen molar-refractivity contribution in [2.24, 2.45) is 0 Å². The smallest absolute Gasteiger partial charge is 0.189 e. The zero-order chi connectivity index (χ0) is 16.8. The van der Waals surface area contributed by atoms with Crippen molar-refractivity contribution in [2.45, 2.75) is 0 Å². The van der Waals surface area contributed by atoms with Crippen molar-refractivity contribution in [3.05, 3.63) is 59.4 Å². The minimum absolute atomic E-state index is 0.158. The Bertz CT molecular complexity index is 738. The Morgan fingerprint density at radius 2 is 1.70 bits per heavy atom. The third-order valence-electron chi connectivity index (χ3n) is 3.28. The Labute approximate surface area is 134 Å². The molecule has 0 amide bonds. The molecule has 5 heteroatoms. The van der Waals surface area contributed by atoms with Crippen molar-refractivity contribution in [3.8, 4) is 17.2 Å². The van der Waals surface area contributed by atoms with Gasteiger partial charge in [-0.2, -0.15) is 0 Å². The van der Waals surface area contributed by atoms with Gasteiger partial charge in [0.05, 0.1) is 26.9 Å². The van der Waals surface area contributed by atoms with Crippen molar-refractivity contribution in [1.29, 1.82) is 0 Å². The molecule has 2 rings (SSSR count). The van der Waals surface area contributed by atoms with Crippen molar-refractivity contribution in [2.75, 3.05) is 21.3 Å². The van der Waals surface area contributed by atoms with E-state index in [1.807, 2.05) is 0 Å². The second-order valence-electron chi connectivity index (χ2n) is 4.66. The first-order valence-electron chi connectivity index (χ1n) is 6.87. The zero-order valence-electron chi connectivity index (χ0n) is 13.1. The molecular weight excluding hydrogens is 299 g/mol. The SMILES string of the molecule is COc1ccc(C(=O)/C=C/c2ccc(OC)c(F)c2)c(OC)c1. The van der Waals surface area contributed by atoms with Crippen LogP contribution < -0.4 is 14.2 Å². The molecule has 2 aromatic carbocycles. The predicted molar refractivity (Wildman–Crippen MR) is 85.9 cm³/mol. The van der Waals surface area contributed by atoms with Crippen LogP contribution in [0.3, 0.4) is 0 Å². The van der Waals surface area contributed by atoms with Gasteiger partial charge in [0.15, 0.2) is 17.3 Å². The van der Waals surface area contributed by atoms with Crippen molar-refractivity contribution < 1.29 is 23.4 Å². The van der Waals surface area contributed by atoms with E-state index in [0.29, 0.717) is 22.6 Å². The van der Waals surface area contributed by atoms with Crippen LogP contribution in [0.15, 0.2) is 42.5 Å². The van der Waals surface area contributed by atoms with Gasteiger partial charge >= 0.3 is 0 Å². The molecule has 0 aliphatic rings. The van der Waals surface area contributed by atoms with E-state index in [1.165, 1.54) is 45.6 Å². The van der Waals surface area contributed by atoms with E-state index in [4.69, 9.17) is 14.2 Å². The summed E-state index contributed by atoms with van der Waals surface area (Å²) in [6, 6.07) is 9.40. The van der Waals surface area contributed by atoms with Crippen LogP contribution in [0.5, 0.6) is 17.2 Å². The van der Waals surface area contributed by atoms with Gasteiger partial charge in [-0.1, -0.05) is 12.1 Å². The molecule has 0 spiro atoms. The van der Waals surface area contributed by atoms with Gasteiger partial charge in [0.25, 0.3) is 0 Å². The number of hydrogen-bond donors (Lipinski definition) is 0. The number of benzene rings is 2. The fourth-order valence-corrected chi connectivity index (χ4v) is 2.05. The zero-order valence-corrected chi connectivity index (χ0v) is 13.1. The Kier molecular flexibility index (Phi) is 5.36. The minimum Gasteiger partial charge on any atom is -0.497 e. The summed E-state index contributed by atoms with van der Waals surface area (Å²) in [5.41, 5.74) is 0.961. The molecule has 0 unspecified atom stereocenters. The van der Waals surface area contributed by atoms with Gasteiger partial charge in [-0.15, -0.1) is 0 Å². The van der Waals surface area contributed by atoms with E-state index in [0.717, 1.165) is 0 Å². The second-order valence-corrected chi connectivity index (χ2v) is 4.66. The quantitative estimate of drug-likeness (QED) is 0.601. The Balaban J connectivity index is 2.23. The molecule has 120 valence electrons. The highest BCUT2D eigenvalue weighted by atomic mass is 19.1. The second kappa shape index (κ2) is 7.45. The molecule has 0 atom stereocenters. The number of rotatable bonds is 6. The fourth-order valence-electron chi connectivity index (χ4n) is 2.05. The van der Waals surface area contributed by atoms with Gasteiger partial charge in [-0.3, -0.25) is 4.79 Å². The van der Waals surface area contributed by atoms with Crippen molar-refractivity contribution in [1.82, 2.24) is 0 Å². The van der Waals surface area contributed by atoms with Crippen LogP contribution >= 0.6 is 0 Å². The molecule has 0 fully saturated rings. The molecule has 2 aromatic rings. The average Bonchev–Trinajstić information content (AvgIpc) is 2.59. The molecule has 23 heavy (non-hydrogen) atoms. The van der Waals surface area contributed by atoms with Crippen LogP contribution in [0.2, 0.25) is 0 Å². The number of halogens is 1. The summed E-state index contributed by atoms with van der Waals surface area (Å²) in [6.07, 6.45) is 2.90. The van der Waals surface area contributed by atoms with Gasteiger partial charge in [0.1, 0.15) is 11.5 Å². The third-order valence-corrected chi connectivity index (χ3v) is 3.28. The summed E-state index contributed by atoms with van der Waals surface area (Å²) in [5, 5.41) is 0. The predicted octanol–water partition coefficient (Wildman–Crippen LogP) is 3.75. The lowest BCUT2D eigenvalue weighted by atomic mass is 10.1. The number of carbonyl (C=O) groups is 1. The lowest BCUT2D eigenvalue weighted by Crippen LogP contribution is -1.99. The van der Waals surface area contributed by atoms with Crippen molar-refractivity contribution in [3.63, 3.8) is 0 Å². The van der Waals surface area contributed by atoms with Gasteiger partial charge < -0.3 is 14.2 Å². The largest absolute Gasteiger partial charge is 0.497 e. The van der Waals surface area contributed by atoms with E-state index < -0.39 is 5.82 Å². The number of carbonyl (C=O) groups excluding carboxylic acids is 1. The summed E-state index contributed by atoms with van der Waals surface area (Å²) in [6.45, 7) is 0. The molecule has 4 nitrogen and oxygen atoms in total. The molecule has 0 heterocycles. The van der Waals surface area contributed by atoms with Crippen LogP contribution in [-0.4, -0.2) is 27.1 Å². The molecule has 0 aliphatic carbocycles. The summed E-state index contributed by atoms with van der Waals surface area (Å²) in [4.78, 5) is 12.3. The average molecular weight is 316 g/mol. The highest BCUT2D eigenvalue weighted by Crippen LogP contribution is 2.25. The maximum Gasteiger partial charge on any atom is 0.189 e. The first-order chi connectivity index (χ1) is 11.1. The van der Waals surface area contributed by atoms with E-state index in [2.05, 4.69) is 0 Å². The maximum atomic E-state index is 13.6. The van der Waals surface area contributed by atoms with Gasteiger partial charge in [-0.25, -0.2) is 4.39 Å². The summed E-state index contributed by atoms with van der Waals surface area (Å²) in [7, 11) is 4.41. The lowest BCUT2D eigenvalue weighted by molar-refractivity contribution is 0.104. The lowest BCUT2D eigenvalue weighted by Gasteiger charge is -2.08. The molecule has 0 aliphatic heterocycles. The number of allylic oxidation sites excluding steroid dienone is 1. The van der Waals surface area contributed by atoms with E-state index in [9.17, 15) is 9.18 Å². The van der Waals surface area contributed by atoms with Crippen molar-refractivity contribution >= 4 is 11.9 Å². The number of ketones is 1. The molecule has 0 N–H and O–H groups in total. The number of methoxy groups -OCH3 is 3. The Morgan fingerprint density at radius 1 is 0.957 bits per heavy atom. The summed E-state index contributed by atoms with van der Waals surface area (Å²) >= 11 is 0. The molecular formula is C18H17FO4. The standard InChI is InChI=1S/C18H17FO4/c1-21-13-6-7-14(18(11-13)23-3)16(20)8-4-12-5-9-17(22-2)15(19)10-12/h4-11H,1-3H3/b8-4+. The van der Waals surface area contributed by atoms with Gasteiger partial charge in [0.2, 0.25) is 0 Å². The third kappa shape index (κ3) is 3.88. The van der Waals surface area contributed by atoms with Crippen LogP contribution in [0, 0.1) is 5.82 Å². The highest BCUT2D eigenvalue weighted by Gasteiger charge is 2.11. The molecule has 0 saturated heterocycles. The van der Waals surface area contributed by atoms with E-state index in [1.54, 1.807) is 24.3 Å². The van der Waals surface area contributed by atoms with Crippen LogP contribution in [0.1, 0.15) is 15.9 Å². The summed E-state index contributed by atoms with van der Waals surface area (Å²) < 4.78 is 28.8. The highest BCUT2D eigenvalue weighted by molar-refractivity contribution is 6.08. The minimum atomic E-state index is -0.482. The van der Waals surface area contributed by atoms with Crippen LogP contribution in [0.4, 0.5) is 4.39 Å². The Hall–Kier alpha value is -2.82. The monoisotopic (exact) mass is 316 g/mol. The van der Waals surface area contributed by atoms with E-state index >= 15 is 0 Å². The van der Waals surface area contributed by atoms with Crippen LogP contribution in [0.25, 0.3) is 6.08 Å². The van der Waals surface area contributed by atoms with E-state index in [-0.39, 0.29) is 11.5 Å². The fraction of sp³-hybridized carbons (Fsp3) is 0.167.